The predicted octanol–water partition coefficient (Wildman–Crippen LogP) is 4.45. The molecule has 4 rings (SSSR count). The van der Waals surface area contributed by atoms with Gasteiger partial charge in [0.25, 0.3) is 0 Å². The number of benzene rings is 1. The van der Waals surface area contributed by atoms with Crippen molar-refractivity contribution in [3.8, 4) is 11.1 Å². The Kier molecular flexibility index (Phi) is 6.81. The number of piperidine rings is 1. The zero-order chi connectivity index (χ0) is 23.5. The van der Waals surface area contributed by atoms with E-state index in [-0.39, 0.29) is 24.1 Å². The maximum Gasteiger partial charge on any atom is 0.407 e. The van der Waals surface area contributed by atoms with Crippen molar-refractivity contribution in [2.75, 3.05) is 22.9 Å². The molecule has 2 unspecified atom stereocenters. The fourth-order valence-corrected chi connectivity index (χ4v) is 4.78. The van der Waals surface area contributed by atoms with Crippen molar-refractivity contribution in [2.45, 2.75) is 71.6 Å². The van der Waals surface area contributed by atoms with Gasteiger partial charge in [0.15, 0.2) is 0 Å². The summed E-state index contributed by atoms with van der Waals surface area (Å²) in [5, 5.41) is 2.99. The first-order valence-electron chi connectivity index (χ1n) is 11.8. The zero-order valence-corrected chi connectivity index (χ0v) is 19.9. The largest absolute Gasteiger partial charge is 0.447 e. The van der Waals surface area contributed by atoms with Crippen molar-refractivity contribution in [1.29, 1.82) is 0 Å². The van der Waals surface area contributed by atoms with E-state index in [0.717, 1.165) is 41.4 Å². The van der Waals surface area contributed by atoms with E-state index in [0.29, 0.717) is 6.42 Å². The molecule has 2 amide bonds. The number of carbonyl (C=O) groups excluding carboxylic acids is 2. The van der Waals surface area contributed by atoms with Gasteiger partial charge in [-0.2, -0.15) is 0 Å². The van der Waals surface area contributed by atoms with Crippen molar-refractivity contribution < 1.29 is 14.3 Å². The molecule has 2 atom stereocenters. The Morgan fingerprint density at radius 3 is 2.42 bits per heavy atom. The van der Waals surface area contributed by atoms with Crippen LogP contribution in [0.4, 0.5) is 16.4 Å². The van der Waals surface area contributed by atoms with Gasteiger partial charge in [-0.05, 0) is 69.7 Å². The third kappa shape index (κ3) is 5.10. The summed E-state index contributed by atoms with van der Waals surface area (Å²) in [5.41, 5.74) is 3.54. The van der Waals surface area contributed by atoms with Crippen molar-refractivity contribution in [3.63, 3.8) is 0 Å². The standard InChI is InChI=1S/C25H33N5O3/c1-16(2)33-25(32)28-22-12-17(3)30(18(4)31)23-9-8-19(13-21(22)23)20-14-26-24(27-15-20)29-10-6-5-7-11-29/h8-9,13-17,22H,5-7,10-12H2,1-4H3,(H,28,32). The number of aromatic nitrogens is 2. The van der Waals surface area contributed by atoms with Gasteiger partial charge in [0.1, 0.15) is 0 Å². The first kappa shape index (κ1) is 23.0. The maximum absolute atomic E-state index is 12.4. The van der Waals surface area contributed by atoms with Gasteiger partial charge in [-0.3, -0.25) is 4.79 Å². The Labute approximate surface area is 195 Å². The molecule has 2 aliphatic heterocycles. The van der Waals surface area contributed by atoms with Gasteiger partial charge in [0, 0.05) is 49.7 Å². The molecule has 1 aromatic heterocycles. The summed E-state index contributed by atoms with van der Waals surface area (Å²) in [7, 11) is 0. The normalized spacial score (nSPS) is 20.4. The molecule has 0 saturated carbocycles. The predicted molar refractivity (Wildman–Crippen MR) is 128 cm³/mol. The van der Waals surface area contributed by atoms with Crippen molar-refractivity contribution in [3.05, 3.63) is 36.2 Å². The number of hydrogen-bond acceptors (Lipinski definition) is 6. The number of carbonyl (C=O) groups is 2. The average molecular weight is 452 g/mol. The van der Waals surface area contributed by atoms with Crippen molar-refractivity contribution in [1.82, 2.24) is 15.3 Å². The highest BCUT2D eigenvalue weighted by Gasteiger charge is 2.34. The molecular weight excluding hydrogens is 418 g/mol. The smallest absolute Gasteiger partial charge is 0.407 e. The van der Waals surface area contributed by atoms with Crippen LogP contribution in [-0.4, -0.2) is 47.2 Å². The highest BCUT2D eigenvalue weighted by molar-refractivity contribution is 5.94. The summed E-state index contributed by atoms with van der Waals surface area (Å²) < 4.78 is 5.31. The van der Waals surface area contributed by atoms with Gasteiger partial charge >= 0.3 is 6.09 Å². The third-order valence-electron chi connectivity index (χ3n) is 6.26. The van der Waals surface area contributed by atoms with Gasteiger partial charge < -0.3 is 19.9 Å². The Bertz CT molecular complexity index is 1000. The van der Waals surface area contributed by atoms with Crippen LogP contribution in [0.2, 0.25) is 0 Å². The van der Waals surface area contributed by atoms with Crippen LogP contribution in [-0.2, 0) is 9.53 Å². The summed E-state index contributed by atoms with van der Waals surface area (Å²) >= 11 is 0. The SMILES string of the molecule is CC(=O)N1c2ccc(-c3cnc(N4CCCCC4)nc3)cc2C(NC(=O)OC(C)C)CC1C. The quantitative estimate of drug-likeness (QED) is 0.739. The van der Waals surface area contributed by atoms with E-state index < -0.39 is 6.09 Å². The fraction of sp³-hybridized carbons (Fsp3) is 0.520. The van der Waals surface area contributed by atoms with Crippen molar-refractivity contribution in [2.24, 2.45) is 0 Å². The summed E-state index contributed by atoms with van der Waals surface area (Å²) in [6, 6.07) is 5.65. The van der Waals surface area contributed by atoms with Crippen LogP contribution in [0, 0.1) is 0 Å². The van der Waals surface area contributed by atoms with E-state index >= 15 is 0 Å². The molecule has 3 heterocycles. The molecule has 0 radical (unpaired) electrons. The lowest BCUT2D eigenvalue weighted by atomic mass is 9.89. The van der Waals surface area contributed by atoms with Gasteiger partial charge in [-0.15, -0.1) is 0 Å². The molecule has 2 aliphatic rings. The Hall–Kier alpha value is -3.16. The third-order valence-corrected chi connectivity index (χ3v) is 6.26. The maximum atomic E-state index is 12.4. The van der Waals surface area contributed by atoms with E-state index in [1.807, 2.05) is 51.4 Å². The molecule has 1 saturated heterocycles. The lowest BCUT2D eigenvalue weighted by molar-refractivity contribution is -0.117. The summed E-state index contributed by atoms with van der Waals surface area (Å²) in [6.45, 7) is 9.20. The molecule has 8 heteroatoms. The Morgan fingerprint density at radius 2 is 1.79 bits per heavy atom. The van der Waals surface area contributed by atoms with Gasteiger partial charge in [-0.1, -0.05) is 6.07 Å². The highest BCUT2D eigenvalue weighted by Crippen LogP contribution is 2.39. The summed E-state index contributed by atoms with van der Waals surface area (Å²) in [5.74, 6) is 0.748. The number of ether oxygens (including phenoxy) is 1. The van der Waals surface area contributed by atoms with E-state index in [2.05, 4.69) is 20.2 Å². The van der Waals surface area contributed by atoms with E-state index in [9.17, 15) is 9.59 Å². The van der Waals surface area contributed by atoms with Crippen LogP contribution in [0.15, 0.2) is 30.6 Å². The number of alkyl carbamates (subject to hydrolysis) is 1. The first-order valence-corrected chi connectivity index (χ1v) is 11.8. The second-order valence-electron chi connectivity index (χ2n) is 9.22. The molecule has 0 spiro atoms. The molecule has 176 valence electrons. The topological polar surface area (TPSA) is 87.7 Å². The van der Waals surface area contributed by atoms with Crippen LogP contribution in [0.5, 0.6) is 0 Å². The van der Waals surface area contributed by atoms with Crippen LogP contribution in [0.1, 0.15) is 65.0 Å². The molecule has 8 nitrogen and oxygen atoms in total. The van der Waals surface area contributed by atoms with Gasteiger partial charge in [0.2, 0.25) is 11.9 Å². The van der Waals surface area contributed by atoms with Gasteiger partial charge in [-0.25, -0.2) is 14.8 Å². The molecule has 0 bridgehead atoms. The molecule has 2 aromatic rings. The van der Waals surface area contributed by atoms with E-state index in [4.69, 9.17) is 4.74 Å². The van der Waals surface area contributed by atoms with Crippen LogP contribution >= 0.6 is 0 Å². The number of hydrogen-bond donors (Lipinski definition) is 1. The summed E-state index contributed by atoms with van der Waals surface area (Å²) in [4.78, 5) is 38.0. The first-order chi connectivity index (χ1) is 15.8. The second kappa shape index (κ2) is 9.77. The van der Waals surface area contributed by atoms with E-state index in [1.165, 1.54) is 19.3 Å². The minimum Gasteiger partial charge on any atom is -0.447 e. The average Bonchev–Trinajstić information content (AvgIpc) is 2.79. The molecular formula is C25H33N5O3. The van der Waals surface area contributed by atoms with Crippen LogP contribution < -0.4 is 15.1 Å². The Morgan fingerprint density at radius 1 is 1.09 bits per heavy atom. The van der Waals surface area contributed by atoms with Crippen LogP contribution in [0.25, 0.3) is 11.1 Å². The number of fused-ring (bicyclic) bond motifs is 1. The van der Waals surface area contributed by atoms with Gasteiger partial charge in [0.05, 0.1) is 12.1 Å². The van der Waals surface area contributed by atoms with Crippen molar-refractivity contribution >= 4 is 23.6 Å². The molecule has 33 heavy (non-hydrogen) atoms. The lowest BCUT2D eigenvalue weighted by Crippen LogP contribution is -2.45. The number of anilines is 2. The fourth-order valence-electron chi connectivity index (χ4n) is 4.78. The number of nitrogens with one attached hydrogen (secondary N) is 1. The lowest BCUT2D eigenvalue weighted by Gasteiger charge is -2.39. The van der Waals surface area contributed by atoms with E-state index in [1.54, 1.807) is 11.8 Å². The highest BCUT2D eigenvalue weighted by atomic mass is 16.6. The molecule has 1 fully saturated rings. The number of rotatable bonds is 4. The summed E-state index contributed by atoms with van der Waals surface area (Å²) in [6.07, 6.45) is 7.26. The number of amides is 2. The minimum absolute atomic E-state index is 0.0195. The molecule has 1 aromatic carbocycles. The number of nitrogens with zero attached hydrogens (tertiary/aromatic N) is 4. The Balaban J connectivity index is 1.64. The molecule has 0 aliphatic carbocycles. The molecule has 1 N–H and O–H groups in total. The van der Waals surface area contributed by atoms with Crippen LogP contribution in [0.3, 0.4) is 0 Å². The minimum atomic E-state index is -0.455. The monoisotopic (exact) mass is 451 g/mol. The second-order valence-corrected chi connectivity index (χ2v) is 9.22. The zero-order valence-electron chi connectivity index (χ0n) is 19.9.